The van der Waals surface area contributed by atoms with Gasteiger partial charge in [-0.3, -0.25) is 0 Å². The second-order valence-electron chi connectivity index (χ2n) is 4.12. The first-order valence-corrected chi connectivity index (χ1v) is 6.43. The maximum Gasteiger partial charge on any atom is 0.161 e. The van der Waals surface area contributed by atoms with Crippen molar-refractivity contribution in [1.82, 2.24) is 5.32 Å². The van der Waals surface area contributed by atoms with Gasteiger partial charge in [0, 0.05) is 6.54 Å². The van der Waals surface area contributed by atoms with Crippen LogP contribution in [0.3, 0.4) is 0 Å². The SMILES string of the molecule is C=CCOc1ccc(CNCCCC)cc1OC.Cl. The summed E-state index contributed by atoms with van der Waals surface area (Å²) >= 11 is 0. The zero-order valence-corrected chi connectivity index (χ0v) is 12.6. The van der Waals surface area contributed by atoms with Crippen LogP contribution in [0.5, 0.6) is 11.5 Å². The molecule has 0 amide bonds. The summed E-state index contributed by atoms with van der Waals surface area (Å²) in [5, 5.41) is 3.40. The number of methoxy groups -OCH3 is 1. The minimum Gasteiger partial charge on any atom is -0.493 e. The van der Waals surface area contributed by atoms with Crippen molar-refractivity contribution in [1.29, 1.82) is 0 Å². The third kappa shape index (κ3) is 6.50. The van der Waals surface area contributed by atoms with Crippen molar-refractivity contribution in [3.05, 3.63) is 36.4 Å². The summed E-state index contributed by atoms with van der Waals surface area (Å²) in [5.74, 6) is 1.53. The number of hydrogen-bond acceptors (Lipinski definition) is 3. The van der Waals surface area contributed by atoms with E-state index in [1.54, 1.807) is 13.2 Å². The molecule has 1 N–H and O–H groups in total. The highest BCUT2D eigenvalue weighted by atomic mass is 35.5. The third-order valence-electron chi connectivity index (χ3n) is 2.62. The molecular weight excluding hydrogens is 262 g/mol. The molecule has 0 spiro atoms. The van der Waals surface area contributed by atoms with Gasteiger partial charge < -0.3 is 14.8 Å². The van der Waals surface area contributed by atoms with Gasteiger partial charge in [0.1, 0.15) is 6.61 Å². The molecule has 0 atom stereocenters. The van der Waals surface area contributed by atoms with E-state index in [4.69, 9.17) is 9.47 Å². The minimum absolute atomic E-state index is 0. The number of unbranched alkanes of at least 4 members (excludes halogenated alkanes) is 1. The van der Waals surface area contributed by atoms with E-state index in [0.29, 0.717) is 6.61 Å². The van der Waals surface area contributed by atoms with Crippen molar-refractivity contribution in [3.8, 4) is 11.5 Å². The smallest absolute Gasteiger partial charge is 0.161 e. The molecule has 0 bridgehead atoms. The van der Waals surface area contributed by atoms with Gasteiger partial charge in [0.05, 0.1) is 7.11 Å². The highest BCUT2D eigenvalue weighted by Crippen LogP contribution is 2.27. The molecule has 1 rings (SSSR count). The van der Waals surface area contributed by atoms with Crippen LogP contribution in [-0.2, 0) is 6.54 Å². The lowest BCUT2D eigenvalue weighted by molar-refractivity contribution is 0.326. The predicted octanol–water partition coefficient (Wildman–Crippen LogP) is 3.57. The Morgan fingerprint density at radius 1 is 1.32 bits per heavy atom. The van der Waals surface area contributed by atoms with Gasteiger partial charge in [-0.2, -0.15) is 0 Å². The molecule has 108 valence electrons. The lowest BCUT2D eigenvalue weighted by Gasteiger charge is -2.11. The van der Waals surface area contributed by atoms with E-state index in [2.05, 4.69) is 24.9 Å². The molecule has 0 aliphatic heterocycles. The second-order valence-corrected chi connectivity index (χ2v) is 4.12. The van der Waals surface area contributed by atoms with Gasteiger partial charge in [0.2, 0.25) is 0 Å². The number of hydrogen-bond donors (Lipinski definition) is 1. The first-order chi connectivity index (χ1) is 8.81. The van der Waals surface area contributed by atoms with Crippen LogP contribution in [0.25, 0.3) is 0 Å². The van der Waals surface area contributed by atoms with Crippen molar-refractivity contribution in [2.75, 3.05) is 20.3 Å². The number of benzene rings is 1. The van der Waals surface area contributed by atoms with Crippen LogP contribution in [0.2, 0.25) is 0 Å². The Hall–Kier alpha value is -1.19. The third-order valence-corrected chi connectivity index (χ3v) is 2.62. The number of ether oxygens (including phenoxy) is 2. The van der Waals surface area contributed by atoms with Gasteiger partial charge in [0.25, 0.3) is 0 Å². The van der Waals surface area contributed by atoms with E-state index in [-0.39, 0.29) is 12.4 Å². The van der Waals surface area contributed by atoms with E-state index >= 15 is 0 Å². The Morgan fingerprint density at radius 3 is 2.74 bits per heavy atom. The molecule has 0 unspecified atom stereocenters. The number of rotatable bonds is 9. The molecule has 0 aromatic heterocycles. The summed E-state index contributed by atoms with van der Waals surface area (Å²) in [6.07, 6.45) is 4.14. The largest absolute Gasteiger partial charge is 0.493 e. The van der Waals surface area contributed by atoms with Crippen molar-refractivity contribution < 1.29 is 9.47 Å². The molecule has 0 heterocycles. The summed E-state index contributed by atoms with van der Waals surface area (Å²) in [5.41, 5.74) is 1.20. The maximum absolute atomic E-state index is 5.51. The van der Waals surface area contributed by atoms with Crippen LogP contribution in [0, 0.1) is 0 Å². The van der Waals surface area contributed by atoms with Gasteiger partial charge in [-0.05, 0) is 30.7 Å². The Balaban J connectivity index is 0.00000324. The van der Waals surface area contributed by atoms with E-state index < -0.39 is 0 Å². The Morgan fingerprint density at radius 2 is 2.11 bits per heavy atom. The lowest BCUT2D eigenvalue weighted by Crippen LogP contribution is -2.14. The second kappa shape index (κ2) is 10.7. The van der Waals surface area contributed by atoms with Crippen molar-refractivity contribution in [2.45, 2.75) is 26.3 Å². The van der Waals surface area contributed by atoms with E-state index in [9.17, 15) is 0 Å². The van der Waals surface area contributed by atoms with Crippen LogP contribution >= 0.6 is 12.4 Å². The molecule has 0 saturated heterocycles. The monoisotopic (exact) mass is 285 g/mol. The molecule has 0 radical (unpaired) electrons. The van der Waals surface area contributed by atoms with Gasteiger partial charge >= 0.3 is 0 Å². The van der Waals surface area contributed by atoms with E-state index in [1.807, 2.05) is 12.1 Å². The first kappa shape index (κ1) is 17.8. The predicted molar refractivity (Wildman–Crippen MR) is 82.5 cm³/mol. The molecule has 1 aromatic carbocycles. The normalized spacial score (nSPS) is 9.58. The van der Waals surface area contributed by atoms with Gasteiger partial charge in [-0.25, -0.2) is 0 Å². The number of halogens is 1. The maximum atomic E-state index is 5.51. The van der Waals surface area contributed by atoms with E-state index in [0.717, 1.165) is 24.6 Å². The summed E-state index contributed by atoms with van der Waals surface area (Å²) in [6, 6.07) is 6.01. The molecule has 0 saturated carbocycles. The zero-order valence-electron chi connectivity index (χ0n) is 11.8. The first-order valence-electron chi connectivity index (χ1n) is 6.43. The van der Waals surface area contributed by atoms with Crippen molar-refractivity contribution in [2.24, 2.45) is 0 Å². The molecule has 3 nitrogen and oxygen atoms in total. The zero-order chi connectivity index (χ0) is 13.2. The average molecular weight is 286 g/mol. The summed E-state index contributed by atoms with van der Waals surface area (Å²) in [4.78, 5) is 0. The highest BCUT2D eigenvalue weighted by Gasteiger charge is 2.04. The van der Waals surface area contributed by atoms with Crippen LogP contribution in [0.1, 0.15) is 25.3 Å². The fourth-order valence-electron chi connectivity index (χ4n) is 1.62. The Bertz CT molecular complexity index is 369. The summed E-state index contributed by atoms with van der Waals surface area (Å²) in [7, 11) is 1.66. The fourth-order valence-corrected chi connectivity index (χ4v) is 1.62. The minimum atomic E-state index is 0. The van der Waals surface area contributed by atoms with E-state index in [1.165, 1.54) is 18.4 Å². The van der Waals surface area contributed by atoms with Crippen LogP contribution < -0.4 is 14.8 Å². The summed E-state index contributed by atoms with van der Waals surface area (Å²) in [6.45, 7) is 8.22. The van der Waals surface area contributed by atoms with Crippen molar-refractivity contribution >= 4 is 12.4 Å². The van der Waals surface area contributed by atoms with Crippen LogP contribution in [-0.4, -0.2) is 20.3 Å². The molecule has 0 fully saturated rings. The van der Waals surface area contributed by atoms with Gasteiger partial charge in [-0.15, -0.1) is 12.4 Å². The molecule has 1 aromatic rings. The van der Waals surface area contributed by atoms with Crippen molar-refractivity contribution in [3.63, 3.8) is 0 Å². The standard InChI is InChI=1S/C15H23NO2.ClH/c1-4-6-9-16-12-13-7-8-14(18-10-5-2)15(11-13)17-3;/h5,7-8,11,16H,2,4,6,9-10,12H2,1,3H3;1H. The van der Waals surface area contributed by atoms with Crippen LogP contribution in [0.4, 0.5) is 0 Å². The quantitative estimate of drug-likeness (QED) is 0.556. The molecule has 19 heavy (non-hydrogen) atoms. The molecule has 0 aliphatic carbocycles. The number of nitrogens with one attached hydrogen (secondary N) is 1. The highest BCUT2D eigenvalue weighted by molar-refractivity contribution is 5.85. The average Bonchev–Trinajstić information content (AvgIpc) is 2.41. The van der Waals surface area contributed by atoms with Crippen LogP contribution in [0.15, 0.2) is 30.9 Å². The fraction of sp³-hybridized carbons (Fsp3) is 0.467. The molecule has 4 heteroatoms. The van der Waals surface area contributed by atoms with Gasteiger partial charge in [0.15, 0.2) is 11.5 Å². The van der Waals surface area contributed by atoms with Gasteiger partial charge in [-0.1, -0.05) is 32.1 Å². The molecular formula is C15H24ClNO2. The summed E-state index contributed by atoms with van der Waals surface area (Å²) < 4.78 is 10.8. The lowest BCUT2D eigenvalue weighted by atomic mass is 10.2. The molecule has 0 aliphatic rings. The topological polar surface area (TPSA) is 30.5 Å². The Kier molecular flexibility index (Phi) is 10.0. The Labute approximate surface area is 122 Å².